The van der Waals surface area contributed by atoms with Crippen LogP contribution in [0.3, 0.4) is 0 Å². The van der Waals surface area contributed by atoms with Gasteiger partial charge in [-0.25, -0.2) is 0 Å². The average Bonchev–Trinajstić information content (AvgIpc) is 2.04. The first-order valence-electron chi connectivity index (χ1n) is 3.84. The monoisotopic (exact) mass is 147 g/mol. The molecule has 1 heteroatoms. The van der Waals surface area contributed by atoms with Gasteiger partial charge >= 0.3 is 0 Å². The Bertz CT molecular complexity index is 240. The normalized spacial score (nSPS) is 23.2. The van der Waals surface area contributed by atoms with E-state index in [1.54, 1.807) is 0 Å². The SMILES string of the molecule is C#CC1=C(NC)C=CCC1C. The first-order chi connectivity index (χ1) is 5.29. The molecule has 11 heavy (non-hydrogen) atoms. The van der Waals surface area contributed by atoms with E-state index < -0.39 is 0 Å². The van der Waals surface area contributed by atoms with Gasteiger partial charge < -0.3 is 5.32 Å². The van der Waals surface area contributed by atoms with Gasteiger partial charge in [0, 0.05) is 18.3 Å². The van der Waals surface area contributed by atoms with Crippen LogP contribution in [0.2, 0.25) is 0 Å². The van der Waals surface area contributed by atoms with Crippen molar-refractivity contribution in [1.82, 2.24) is 5.32 Å². The van der Waals surface area contributed by atoms with Crippen LogP contribution in [-0.4, -0.2) is 7.05 Å². The van der Waals surface area contributed by atoms with Crippen molar-refractivity contribution in [3.63, 3.8) is 0 Å². The second-order valence-electron chi connectivity index (χ2n) is 2.76. The van der Waals surface area contributed by atoms with E-state index in [1.807, 2.05) is 7.05 Å². The second-order valence-corrected chi connectivity index (χ2v) is 2.76. The van der Waals surface area contributed by atoms with Crippen LogP contribution in [0, 0.1) is 18.3 Å². The van der Waals surface area contributed by atoms with Crippen LogP contribution >= 0.6 is 0 Å². The molecule has 0 spiro atoms. The van der Waals surface area contributed by atoms with E-state index in [4.69, 9.17) is 6.42 Å². The number of likely N-dealkylation sites (N-methyl/N-ethyl adjacent to an activating group) is 1. The van der Waals surface area contributed by atoms with Gasteiger partial charge in [0.05, 0.1) is 0 Å². The molecule has 0 aromatic carbocycles. The summed E-state index contributed by atoms with van der Waals surface area (Å²) < 4.78 is 0. The Morgan fingerprint density at radius 2 is 2.45 bits per heavy atom. The molecular weight excluding hydrogens is 134 g/mol. The maximum absolute atomic E-state index is 5.38. The fourth-order valence-electron chi connectivity index (χ4n) is 1.30. The molecule has 0 saturated heterocycles. The molecule has 1 nitrogen and oxygen atoms in total. The Balaban J connectivity index is 2.98. The molecule has 0 aromatic rings. The fourth-order valence-corrected chi connectivity index (χ4v) is 1.30. The molecule has 0 heterocycles. The second kappa shape index (κ2) is 3.30. The first-order valence-corrected chi connectivity index (χ1v) is 3.84. The van der Waals surface area contributed by atoms with E-state index in [1.165, 1.54) is 0 Å². The van der Waals surface area contributed by atoms with Crippen LogP contribution in [-0.2, 0) is 0 Å². The third-order valence-corrected chi connectivity index (χ3v) is 1.98. The van der Waals surface area contributed by atoms with E-state index >= 15 is 0 Å². The minimum atomic E-state index is 0.493. The number of rotatable bonds is 1. The lowest BCUT2D eigenvalue weighted by molar-refractivity contribution is 0.689. The molecule has 1 aliphatic carbocycles. The third kappa shape index (κ3) is 1.46. The van der Waals surface area contributed by atoms with Gasteiger partial charge in [-0.05, 0) is 18.4 Å². The highest BCUT2D eigenvalue weighted by Gasteiger charge is 2.12. The molecule has 58 valence electrons. The van der Waals surface area contributed by atoms with Gasteiger partial charge in [-0.1, -0.05) is 18.9 Å². The molecule has 1 N–H and O–H groups in total. The van der Waals surface area contributed by atoms with Gasteiger partial charge in [0.25, 0.3) is 0 Å². The number of hydrogen-bond acceptors (Lipinski definition) is 1. The first kappa shape index (κ1) is 7.94. The summed E-state index contributed by atoms with van der Waals surface area (Å²) >= 11 is 0. The molecule has 0 bridgehead atoms. The van der Waals surface area contributed by atoms with Crippen LogP contribution in [0.4, 0.5) is 0 Å². The van der Waals surface area contributed by atoms with Gasteiger partial charge in [-0.3, -0.25) is 0 Å². The topological polar surface area (TPSA) is 12.0 Å². The lowest BCUT2D eigenvalue weighted by Crippen LogP contribution is -2.13. The number of terminal acetylenes is 1. The number of nitrogens with one attached hydrogen (secondary N) is 1. The molecule has 1 unspecified atom stereocenters. The Morgan fingerprint density at radius 1 is 1.73 bits per heavy atom. The molecule has 0 amide bonds. The van der Waals surface area contributed by atoms with E-state index in [2.05, 4.69) is 30.3 Å². The molecule has 0 radical (unpaired) electrons. The molecule has 1 aliphatic rings. The summed E-state index contributed by atoms with van der Waals surface area (Å²) in [6.45, 7) is 2.15. The molecule has 0 fully saturated rings. The van der Waals surface area contributed by atoms with Crippen molar-refractivity contribution in [2.75, 3.05) is 7.05 Å². The summed E-state index contributed by atoms with van der Waals surface area (Å²) in [4.78, 5) is 0. The smallest absolute Gasteiger partial charge is 0.0454 e. The van der Waals surface area contributed by atoms with Crippen molar-refractivity contribution in [1.29, 1.82) is 0 Å². The summed E-state index contributed by atoms with van der Waals surface area (Å²) in [5, 5.41) is 3.09. The molecule has 0 aliphatic heterocycles. The summed E-state index contributed by atoms with van der Waals surface area (Å²) in [6, 6.07) is 0. The summed E-state index contributed by atoms with van der Waals surface area (Å²) in [5.41, 5.74) is 2.18. The molecule has 1 atom stereocenters. The Morgan fingerprint density at radius 3 is 2.91 bits per heavy atom. The zero-order chi connectivity index (χ0) is 8.27. The number of hydrogen-bond donors (Lipinski definition) is 1. The summed E-state index contributed by atoms with van der Waals surface area (Å²) in [5.74, 6) is 3.21. The van der Waals surface area contributed by atoms with Gasteiger partial charge in [0.2, 0.25) is 0 Å². The number of allylic oxidation sites excluding steroid dienone is 3. The van der Waals surface area contributed by atoms with Gasteiger partial charge in [0.15, 0.2) is 0 Å². The Labute approximate surface area is 68.2 Å². The average molecular weight is 147 g/mol. The maximum Gasteiger partial charge on any atom is 0.0454 e. The van der Waals surface area contributed by atoms with Gasteiger partial charge in [-0.2, -0.15) is 0 Å². The Kier molecular flexibility index (Phi) is 2.38. The van der Waals surface area contributed by atoms with E-state index in [0.717, 1.165) is 17.7 Å². The standard InChI is InChI=1S/C10H13N/c1-4-9-8(2)6-5-7-10(9)11-3/h1,5,7-8,11H,6H2,2-3H3. The van der Waals surface area contributed by atoms with Crippen molar-refractivity contribution in [2.24, 2.45) is 5.92 Å². The molecule has 1 rings (SSSR count). The van der Waals surface area contributed by atoms with E-state index in [9.17, 15) is 0 Å². The lowest BCUT2D eigenvalue weighted by Gasteiger charge is -2.17. The fraction of sp³-hybridized carbons (Fsp3) is 0.400. The van der Waals surface area contributed by atoms with Crippen molar-refractivity contribution in [3.8, 4) is 12.3 Å². The zero-order valence-electron chi connectivity index (χ0n) is 7.02. The highest BCUT2D eigenvalue weighted by atomic mass is 14.8. The van der Waals surface area contributed by atoms with Crippen LogP contribution in [0.1, 0.15) is 13.3 Å². The predicted molar refractivity (Wildman–Crippen MR) is 47.8 cm³/mol. The van der Waals surface area contributed by atoms with E-state index in [-0.39, 0.29) is 0 Å². The van der Waals surface area contributed by atoms with Crippen LogP contribution in [0.25, 0.3) is 0 Å². The lowest BCUT2D eigenvalue weighted by atomic mass is 9.92. The zero-order valence-corrected chi connectivity index (χ0v) is 7.02. The van der Waals surface area contributed by atoms with Gasteiger partial charge in [0.1, 0.15) is 0 Å². The van der Waals surface area contributed by atoms with E-state index in [0.29, 0.717) is 5.92 Å². The van der Waals surface area contributed by atoms with Gasteiger partial charge in [-0.15, -0.1) is 6.42 Å². The highest BCUT2D eigenvalue weighted by molar-refractivity contribution is 5.40. The third-order valence-electron chi connectivity index (χ3n) is 1.98. The predicted octanol–water partition coefficient (Wildman–Crippen LogP) is 1.69. The van der Waals surface area contributed by atoms with Crippen LogP contribution < -0.4 is 5.32 Å². The van der Waals surface area contributed by atoms with Crippen molar-refractivity contribution in [3.05, 3.63) is 23.4 Å². The Hall–Kier alpha value is -1.16. The maximum atomic E-state index is 5.38. The van der Waals surface area contributed by atoms with Crippen LogP contribution in [0.5, 0.6) is 0 Å². The molecular formula is C10H13N. The minimum absolute atomic E-state index is 0.493. The molecule has 0 saturated carbocycles. The highest BCUT2D eigenvalue weighted by Crippen LogP contribution is 2.22. The van der Waals surface area contributed by atoms with Crippen molar-refractivity contribution >= 4 is 0 Å². The summed E-state index contributed by atoms with van der Waals surface area (Å²) in [7, 11) is 1.90. The quantitative estimate of drug-likeness (QED) is 0.556. The summed E-state index contributed by atoms with van der Waals surface area (Å²) in [6.07, 6.45) is 10.6. The minimum Gasteiger partial charge on any atom is -0.387 e. The molecule has 0 aromatic heterocycles. The largest absolute Gasteiger partial charge is 0.387 e. The van der Waals surface area contributed by atoms with Crippen molar-refractivity contribution in [2.45, 2.75) is 13.3 Å². The van der Waals surface area contributed by atoms with Crippen molar-refractivity contribution < 1.29 is 0 Å². The van der Waals surface area contributed by atoms with Crippen LogP contribution in [0.15, 0.2) is 23.4 Å².